The first-order valence-electron chi connectivity index (χ1n) is 6.00. The molecule has 1 atom stereocenters. The van der Waals surface area contributed by atoms with Gasteiger partial charge in [0, 0.05) is 24.4 Å². The molecule has 1 aromatic rings. The summed E-state index contributed by atoms with van der Waals surface area (Å²) in [5.74, 6) is -2.94. The third-order valence-electron chi connectivity index (χ3n) is 3.53. The number of thiophene rings is 1. The van der Waals surface area contributed by atoms with Crippen LogP contribution in [-0.2, 0) is 17.8 Å². The maximum Gasteiger partial charge on any atom is 0.262 e. The average Bonchev–Trinajstić information content (AvgIpc) is 2.93. The van der Waals surface area contributed by atoms with E-state index in [9.17, 15) is 13.6 Å². The highest BCUT2D eigenvalue weighted by Crippen LogP contribution is 2.28. The van der Waals surface area contributed by atoms with E-state index in [2.05, 4.69) is 5.32 Å². The van der Waals surface area contributed by atoms with Crippen molar-refractivity contribution in [3.05, 3.63) is 21.9 Å². The highest BCUT2D eigenvalue weighted by molar-refractivity contribution is 7.10. The Kier molecular flexibility index (Phi) is 2.86. The summed E-state index contributed by atoms with van der Waals surface area (Å²) in [5.41, 5.74) is 1.16. The summed E-state index contributed by atoms with van der Waals surface area (Å²) < 4.78 is 26.2. The molecule has 3 nitrogen and oxygen atoms in total. The molecule has 1 amide bonds. The van der Waals surface area contributed by atoms with Gasteiger partial charge in [0.25, 0.3) is 5.92 Å². The number of nitrogens with zero attached hydrogens (tertiary/aromatic N) is 1. The van der Waals surface area contributed by atoms with E-state index in [0.717, 1.165) is 12.0 Å². The highest BCUT2D eigenvalue weighted by atomic mass is 32.1. The zero-order chi connectivity index (χ0) is 12.8. The van der Waals surface area contributed by atoms with Gasteiger partial charge in [0.15, 0.2) is 0 Å². The number of alkyl halides is 2. The van der Waals surface area contributed by atoms with Crippen LogP contribution in [0, 0.1) is 0 Å². The number of hydrogen-bond donors (Lipinski definition) is 1. The van der Waals surface area contributed by atoms with Crippen LogP contribution in [-0.4, -0.2) is 35.9 Å². The third kappa shape index (κ3) is 2.14. The molecule has 1 aromatic heterocycles. The first-order valence-corrected chi connectivity index (χ1v) is 6.88. The van der Waals surface area contributed by atoms with E-state index < -0.39 is 12.0 Å². The Balaban J connectivity index is 1.68. The third-order valence-corrected chi connectivity index (χ3v) is 4.55. The van der Waals surface area contributed by atoms with Crippen molar-refractivity contribution >= 4 is 17.2 Å². The average molecular weight is 272 g/mol. The quantitative estimate of drug-likeness (QED) is 0.843. The van der Waals surface area contributed by atoms with E-state index in [-0.39, 0.29) is 18.9 Å². The second kappa shape index (κ2) is 4.28. The van der Waals surface area contributed by atoms with Gasteiger partial charge in [-0.2, -0.15) is 0 Å². The van der Waals surface area contributed by atoms with E-state index in [1.807, 2.05) is 11.4 Å². The van der Waals surface area contributed by atoms with Gasteiger partial charge in [0.2, 0.25) is 5.91 Å². The van der Waals surface area contributed by atoms with E-state index in [1.165, 1.54) is 4.88 Å². The zero-order valence-corrected chi connectivity index (χ0v) is 10.6. The molecule has 1 unspecified atom stereocenters. The maximum absolute atomic E-state index is 13.1. The van der Waals surface area contributed by atoms with Crippen LogP contribution in [0.1, 0.15) is 16.9 Å². The van der Waals surface area contributed by atoms with E-state index >= 15 is 0 Å². The minimum absolute atomic E-state index is 0.191. The van der Waals surface area contributed by atoms with Crippen LogP contribution in [0.15, 0.2) is 11.4 Å². The Labute approximate surface area is 108 Å². The molecule has 0 aliphatic carbocycles. The molecule has 2 aliphatic heterocycles. The summed E-state index contributed by atoms with van der Waals surface area (Å²) in [6, 6.07) is 1.29. The molecule has 1 N–H and O–H groups in total. The predicted octanol–water partition coefficient (Wildman–Crippen LogP) is 1.63. The number of rotatable bonds is 1. The summed E-state index contributed by atoms with van der Waals surface area (Å²) in [4.78, 5) is 15.2. The summed E-state index contributed by atoms with van der Waals surface area (Å²) in [7, 11) is 0. The highest BCUT2D eigenvalue weighted by Gasteiger charge is 2.43. The van der Waals surface area contributed by atoms with Gasteiger partial charge in [-0.25, -0.2) is 8.78 Å². The molecule has 18 heavy (non-hydrogen) atoms. The van der Waals surface area contributed by atoms with Gasteiger partial charge in [0.05, 0.1) is 12.6 Å². The minimum atomic E-state index is -2.75. The zero-order valence-electron chi connectivity index (χ0n) is 9.79. The lowest BCUT2D eigenvalue weighted by Crippen LogP contribution is -2.45. The topological polar surface area (TPSA) is 32.3 Å². The fourth-order valence-electron chi connectivity index (χ4n) is 2.55. The summed E-state index contributed by atoms with van der Waals surface area (Å²) in [5, 5.41) is 4.64. The van der Waals surface area contributed by atoms with Gasteiger partial charge < -0.3 is 4.90 Å². The number of halogens is 2. The van der Waals surface area contributed by atoms with Gasteiger partial charge >= 0.3 is 0 Å². The molecule has 0 bridgehead atoms. The number of nitrogens with one attached hydrogen (secondary N) is 1. The maximum atomic E-state index is 13.1. The Hall–Kier alpha value is -1.01. The number of carbonyl (C=O) groups is 1. The van der Waals surface area contributed by atoms with Crippen LogP contribution in [0.25, 0.3) is 0 Å². The molecular weight excluding hydrogens is 258 g/mol. The van der Waals surface area contributed by atoms with Crippen LogP contribution < -0.4 is 5.32 Å². The lowest BCUT2D eigenvalue weighted by Gasteiger charge is -2.29. The van der Waals surface area contributed by atoms with E-state index in [4.69, 9.17) is 0 Å². The van der Waals surface area contributed by atoms with Crippen molar-refractivity contribution in [1.82, 2.24) is 10.2 Å². The molecule has 0 radical (unpaired) electrons. The van der Waals surface area contributed by atoms with Gasteiger partial charge in [-0.15, -0.1) is 11.3 Å². The first-order chi connectivity index (χ1) is 8.55. The summed E-state index contributed by atoms with van der Waals surface area (Å²) in [6.45, 7) is 0.804. The molecule has 6 heteroatoms. The molecule has 1 fully saturated rings. The second-order valence-corrected chi connectivity index (χ2v) is 5.87. The van der Waals surface area contributed by atoms with Crippen LogP contribution in [0.2, 0.25) is 0 Å². The molecule has 0 saturated carbocycles. The number of amides is 1. The number of fused-ring (bicyclic) bond motifs is 1. The van der Waals surface area contributed by atoms with Gasteiger partial charge in [-0.3, -0.25) is 10.1 Å². The normalized spacial score (nSPS) is 26.1. The van der Waals surface area contributed by atoms with Gasteiger partial charge in [0.1, 0.15) is 0 Å². The first kappa shape index (κ1) is 12.0. The van der Waals surface area contributed by atoms with E-state index in [0.29, 0.717) is 13.1 Å². The Morgan fingerprint density at radius 1 is 1.56 bits per heavy atom. The smallest absolute Gasteiger partial charge is 0.262 e. The second-order valence-electron chi connectivity index (χ2n) is 4.87. The molecule has 0 spiro atoms. The molecule has 2 aliphatic rings. The number of hydrogen-bond acceptors (Lipinski definition) is 3. The molecule has 0 aromatic carbocycles. The van der Waals surface area contributed by atoms with Crippen molar-refractivity contribution in [3.63, 3.8) is 0 Å². The monoisotopic (exact) mass is 272 g/mol. The van der Waals surface area contributed by atoms with Crippen LogP contribution in [0.3, 0.4) is 0 Å². The summed E-state index contributed by atoms with van der Waals surface area (Å²) in [6.07, 6.45) is 0.459. The van der Waals surface area contributed by atoms with Crippen molar-refractivity contribution in [2.24, 2.45) is 0 Å². The molecular formula is C12H14F2N2OS. The molecule has 3 rings (SSSR count). The lowest BCUT2D eigenvalue weighted by atomic mass is 10.1. The van der Waals surface area contributed by atoms with Crippen molar-refractivity contribution in [2.75, 3.05) is 13.1 Å². The Morgan fingerprint density at radius 2 is 2.39 bits per heavy atom. The van der Waals surface area contributed by atoms with Crippen LogP contribution in [0.5, 0.6) is 0 Å². The SMILES string of the molecule is O=C(C1CC(F)(F)CN1)N1CCc2sccc2C1. The molecule has 3 heterocycles. The predicted molar refractivity (Wildman–Crippen MR) is 64.8 cm³/mol. The largest absolute Gasteiger partial charge is 0.337 e. The van der Waals surface area contributed by atoms with Gasteiger partial charge in [-0.05, 0) is 23.4 Å². The van der Waals surface area contributed by atoms with E-state index in [1.54, 1.807) is 16.2 Å². The summed E-state index contributed by atoms with van der Waals surface area (Å²) >= 11 is 1.70. The Morgan fingerprint density at radius 3 is 3.11 bits per heavy atom. The van der Waals surface area contributed by atoms with Gasteiger partial charge in [-0.1, -0.05) is 0 Å². The lowest BCUT2D eigenvalue weighted by molar-refractivity contribution is -0.134. The van der Waals surface area contributed by atoms with Crippen LogP contribution in [0.4, 0.5) is 8.78 Å². The van der Waals surface area contributed by atoms with Crippen molar-refractivity contribution < 1.29 is 13.6 Å². The van der Waals surface area contributed by atoms with Crippen molar-refractivity contribution in [1.29, 1.82) is 0 Å². The van der Waals surface area contributed by atoms with Crippen LogP contribution >= 0.6 is 11.3 Å². The number of carbonyl (C=O) groups excluding carboxylic acids is 1. The van der Waals surface area contributed by atoms with Crippen molar-refractivity contribution in [2.45, 2.75) is 31.4 Å². The van der Waals surface area contributed by atoms with Crippen molar-refractivity contribution in [3.8, 4) is 0 Å². The molecule has 98 valence electrons. The molecule has 1 saturated heterocycles. The minimum Gasteiger partial charge on any atom is -0.337 e. The fourth-order valence-corrected chi connectivity index (χ4v) is 3.44. The Bertz CT molecular complexity index is 474. The fraction of sp³-hybridized carbons (Fsp3) is 0.583. The standard InChI is InChI=1S/C12H14F2N2OS/c13-12(14)5-9(15-7-12)11(17)16-3-1-10-8(6-16)2-4-18-10/h2,4,9,15H,1,3,5-7H2.